The molecule has 0 unspecified atom stereocenters. The molecule has 0 aromatic heterocycles. The van der Waals surface area contributed by atoms with Crippen LogP contribution in [0.25, 0.3) is 0 Å². The van der Waals surface area contributed by atoms with Gasteiger partial charge in [0.05, 0.1) is 11.8 Å². The Morgan fingerprint density at radius 2 is 2.00 bits per heavy atom. The first-order valence-electron chi connectivity index (χ1n) is 6.81. The van der Waals surface area contributed by atoms with Crippen LogP contribution in [0.3, 0.4) is 0 Å². The van der Waals surface area contributed by atoms with Crippen LogP contribution >= 0.6 is 0 Å². The highest BCUT2D eigenvalue weighted by Crippen LogP contribution is 2.23. The highest BCUT2D eigenvalue weighted by molar-refractivity contribution is 7.92. The van der Waals surface area contributed by atoms with Crippen molar-refractivity contribution in [3.05, 3.63) is 35.6 Å². The molecule has 120 valence electrons. The summed E-state index contributed by atoms with van der Waals surface area (Å²) in [5, 5.41) is 1.65. The van der Waals surface area contributed by atoms with Crippen LogP contribution < -0.4 is 5.32 Å². The van der Waals surface area contributed by atoms with Crippen LogP contribution in [0, 0.1) is 5.82 Å². The summed E-state index contributed by atoms with van der Waals surface area (Å²) in [7, 11) is -3.74. The minimum Gasteiger partial charge on any atom is -0.353 e. The molecule has 1 N–H and O–H groups in total. The van der Waals surface area contributed by atoms with E-state index >= 15 is 0 Å². The number of sulfone groups is 1. The van der Waals surface area contributed by atoms with E-state index in [1.54, 1.807) is 0 Å². The zero-order valence-electron chi connectivity index (χ0n) is 12.1. The Balaban J connectivity index is 2.08. The smallest absolute Gasteiger partial charge is 0.239 e. The average Bonchev–Trinajstić information content (AvgIpc) is 2.47. The van der Waals surface area contributed by atoms with E-state index in [2.05, 4.69) is 5.32 Å². The Kier molecular flexibility index (Phi) is 4.80. The second-order valence-electron chi connectivity index (χ2n) is 5.17. The molecule has 1 heterocycles. The summed E-state index contributed by atoms with van der Waals surface area (Å²) in [5.74, 6) is -2.02. The Bertz CT molecular complexity index is 673. The van der Waals surface area contributed by atoms with Crippen molar-refractivity contribution in [2.45, 2.75) is 12.2 Å². The first-order valence-corrected chi connectivity index (χ1v) is 8.52. The van der Waals surface area contributed by atoms with E-state index in [1.165, 1.54) is 36.1 Å². The van der Waals surface area contributed by atoms with Gasteiger partial charge in [0.2, 0.25) is 11.8 Å². The number of hydrogen-bond donors (Lipinski definition) is 1. The van der Waals surface area contributed by atoms with E-state index in [0.717, 1.165) is 0 Å². The molecule has 2 amide bonds. The Morgan fingerprint density at radius 1 is 1.36 bits per heavy atom. The molecule has 1 aliphatic heterocycles. The number of halogens is 1. The fourth-order valence-electron chi connectivity index (χ4n) is 2.18. The molecule has 0 bridgehead atoms. The van der Waals surface area contributed by atoms with Gasteiger partial charge in [0, 0.05) is 13.1 Å². The third kappa shape index (κ3) is 3.82. The van der Waals surface area contributed by atoms with Gasteiger partial charge in [-0.15, -0.1) is 0 Å². The molecular formula is C14H17FN2O4S. The summed E-state index contributed by atoms with van der Waals surface area (Å²) in [6.45, 7) is 1.95. The molecule has 6 nitrogen and oxygen atoms in total. The second kappa shape index (κ2) is 6.43. The quantitative estimate of drug-likeness (QED) is 0.859. The lowest BCUT2D eigenvalue weighted by molar-refractivity contribution is -0.136. The molecular weight excluding hydrogens is 311 g/mol. The van der Waals surface area contributed by atoms with Crippen LogP contribution in [0.5, 0.6) is 0 Å². The number of hydrogen-bond acceptors (Lipinski definition) is 4. The van der Waals surface area contributed by atoms with Gasteiger partial charge in [-0.1, -0.05) is 12.1 Å². The first kappa shape index (κ1) is 16.4. The minimum absolute atomic E-state index is 0.126. The van der Waals surface area contributed by atoms with Crippen molar-refractivity contribution < 1.29 is 22.4 Å². The predicted molar refractivity (Wildman–Crippen MR) is 78.2 cm³/mol. The Labute approximate surface area is 128 Å². The van der Waals surface area contributed by atoms with Crippen molar-refractivity contribution in [3.8, 4) is 0 Å². The van der Waals surface area contributed by atoms with Crippen molar-refractivity contribution in [2.75, 3.05) is 25.4 Å². The zero-order valence-corrected chi connectivity index (χ0v) is 12.9. The third-order valence-electron chi connectivity index (χ3n) is 3.59. The molecule has 1 fully saturated rings. The number of piperazine rings is 1. The maximum atomic E-state index is 12.9. The van der Waals surface area contributed by atoms with Crippen molar-refractivity contribution in [3.63, 3.8) is 0 Å². The highest BCUT2D eigenvalue weighted by atomic mass is 32.2. The van der Waals surface area contributed by atoms with Crippen molar-refractivity contribution in [1.82, 2.24) is 10.2 Å². The van der Waals surface area contributed by atoms with E-state index < -0.39 is 32.6 Å². The summed E-state index contributed by atoms with van der Waals surface area (Å²) in [5.41, 5.74) is 0.422. The number of nitrogens with zero attached hydrogens (tertiary/aromatic N) is 1. The van der Waals surface area contributed by atoms with Crippen LogP contribution in [0.4, 0.5) is 4.39 Å². The number of carbonyl (C=O) groups is 2. The number of benzene rings is 1. The van der Waals surface area contributed by atoms with Gasteiger partial charge in [-0.25, -0.2) is 12.8 Å². The van der Waals surface area contributed by atoms with Gasteiger partial charge in [0.25, 0.3) is 0 Å². The van der Waals surface area contributed by atoms with Gasteiger partial charge in [-0.3, -0.25) is 9.59 Å². The van der Waals surface area contributed by atoms with Gasteiger partial charge >= 0.3 is 0 Å². The molecule has 8 heteroatoms. The van der Waals surface area contributed by atoms with Crippen LogP contribution in [0.1, 0.15) is 17.7 Å². The standard InChI is InChI=1S/C14H17FN2O4S/c1-10(11-2-4-12(15)5-3-11)22(20,21)9-14(19)17-7-6-16-13(18)8-17/h2-5,10H,6-9H2,1H3,(H,16,18)/t10-/m1/s1. The molecule has 0 saturated carbocycles. The lowest BCUT2D eigenvalue weighted by atomic mass is 10.2. The Hall–Kier alpha value is -1.96. The number of carbonyl (C=O) groups excluding carboxylic acids is 2. The maximum Gasteiger partial charge on any atom is 0.239 e. The summed E-state index contributed by atoms with van der Waals surface area (Å²) >= 11 is 0. The topological polar surface area (TPSA) is 83.6 Å². The van der Waals surface area contributed by atoms with Crippen molar-refractivity contribution >= 4 is 21.7 Å². The summed E-state index contributed by atoms with van der Waals surface area (Å²) < 4.78 is 37.5. The summed E-state index contributed by atoms with van der Waals surface area (Å²) in [6, 6.07) is 5.13. The molecule has 1 atom stereocenters. The maximum absolute atomic E-state index is 12.9. The van der Waals surface area contributed by atoms with Gasteiger partial charge in [0.1, 0.15) is 11.6 Å². The van der Waals surface area contributed by atoms with Crippen molar-refractivity contribution in [1.29, 1.82) is 0 Å². The molecule has 2 rings (SSSR count). The minimum atomic E-state index is -3.74. The fraction of sp³-hybridized carbons (Fsp3) is 0.429. The van der Waals surface area contributed by atoms with E-state index in [1.807, 2.05) is 0 Å². The first-order chi connectivity index (χ1) is 10.3. The van der Waals surface area contributed by atoms with Gasteiger partial charge in [-0.05, 0) is 24.6 Å². The molecule has 1 aromatic rings. The van der Waals surface area contributed by atoms with E-state index in [0.29, 0.717) is 18.7 Å². The molecule has 1 aromatic carbocycles. The highest BCUT2D eigenvalue weighted by Gasteiger charge is 2.30. The molecule has 0 radical (unpaired) electrons. The zero-order chi connectivity index (χ0) is 16.3. The Morgan fingerprint density at radius 3 is 2.59 bits per heavy atom. The number of amides is 2. The molecule has 22 heavy (non-hydrogen) atoms. The molecule has 0 aliphatic carbocycles. The molecule has 1 saturated heterocycles. The van der Waals surface area contributed by atoms with E-state index in [-0.39, 0.29) is 12.5 Å². The fourth-order valence-corrected chi connectivity index (χ4v) is 3.53. The molecule has 0 spiro atoms. The predicted octanol–water partition coefficient (Wildman–Crippen LogP) is 0.260. The second-order valence-corrected chi connectivity index (χ2v) is 7.49. The van der Waals surface area contributed by atoms with Crippen LogP contribution in [0.15, 0.2) is 24.3 Å². The normalized spacial score (nSPS) is 17.0. The molecule has 1 aliphatic rings. The van der Waals surface area contributed by atoms with Gasteiger partial charge < -0.3 is 10.2 Å². The summed E-state index contributed by atoms with van der Waals surface area (Å²) in [4.78, 5) is 24.5. The third-order valence-corrected chi connectivity index (χ3v) is 5.59. The van der Waals surface area contributed by atoms with Crippen LogP contribution in [-0.4, -0.2) is 50.5 Å². The van der Waals surface area contributed by atoms with Crippen LogP contribution in [0.2, 0.25) is 0 Å². The van der Waals surface area contributed by atoms with E-state index in [4.69, 9.17) is 0 Å². The van der Waals surface area contributed by atoms with Gasteiger partial charge in [-0.2, -0.15) is 0 Å². The number of rotatable bonds is 4. The van der Waals surface area contributed by atoms with Crippen molar-refractivity contribution in [2.24, 2.45) is 0 Å². The lowest BCUT2D eigenvalue weighted by Crippen LogP contribution is -2.51. The van der Waals surface area contributed by atoms with Gasteiger partial charge in [0.15, 0.2) is 9.84 Å². The number of nitrogens with one attached hydrogen (secondary N) is 1. The average molecular weight is 328 g/mol. The van der Waals surface area contributed by atoms with Crippen LogP contribution in [-0.2, 0) is 19.4 Å². The summed E-state index contributed by atoms with van der Waals surface area (Å²) in [6.07, 6.45) is 0. The largest absolute Gasteiger partial charge is 0.353 e. The SMILES string of the molecule is C[C@H](c1ccc(F)cc1)S(=O)(=O)CC(=O)N1CCNC(=O)C1. The van der Waals surface area contributed by atoms with E-state index in [9.17, 15) is 22.4 Å². The lowest BCUT2D eigenvalue weighted by Gasteiger charge is -2.27. The monoisotopic (exact) mass is 328 g/mol.